The van der Waals surface area contributed by atoms with Gasteiger partial charge in [-0.1, -0.05) is 24.3 Å². The van der Waals surface area contributed by atoms with Crippen LogP contribution >= 0.6 is 0 Å². The van der Waals surface area contributed by atoms with Crippen molar-refractivity contribution in [3.05, 3.63) is 69.3 Å². The van der Waals surface area contributed by atoms with Crippen LogP contribution in [0.5, 0.6) is 0 Å². The molecule has 0 bridgehead atoms. The number of carbonyl (C=O) groups excluding carboxylic acids is 1. The first-order valence-corrected chi connectivity index (χ1v) is 8.88. The van der Waals surface area contributed by atoms with Gasteiger partial charge >= 0.3 is 5.97 Å². The molecule has 0 atom stereocenters. The summed E-state index contributed by atoms with van der Waals surface area (Å²) in [5.41, 5.74) is 3.40. The van der Waals surface area contributed by atoms with Crippen LogP contribution in [0.3, 0.4) is 0 Å². The molecule has 0 spiro atoms. The lowest BCUT2D eigenvalue weighted by atomic mass is 10.1. The summed E-state index contributed by atoms with van der Waals surface area (Å²) in [7, 11) is 1.28. The summed E-state index contributed by atoms with van der Waals surface area (Å²) in [5.74, 6) is -0.559. The maximum atomic E-state index is 12.1. The van der Waals surface area contributed by atoms with E-state index >= 15 is 0 Å². The minimum absolute atomic E-state index is 0.114. The Bertz CT molecular complexity index is 845. The van der Waals surface area contributed by atoms with Gasteiger partial charge < -0.3 is 9.64 Å². The monoisotopic (exact) mass is 369 g/mol. The molecule has 3 rings (SSSR count). The molecule has 0 saturated carbocycles. The van der Waals surface area contributed by atoms with Crippen LogP contribution < -0.4 is 4.90 Å². The molecular formula is C20H23N3O4. The number of non-ortho nitro benzene ring substituents is 1. The van der Waals surface area contributed by atoms with Gasteiger partial charge in [-0.3, -0.25) is 15.0 Å². The maximum absolute atomic E-state index is 12.1. The Morgan fingerprint density at radius 3 is 2.48 bits per heavy atom. The van der Waals surface area contributed by atoms with Crippen molar-refractivity contribution in [2.24, 2.45) is 0 Å². The van der Waals surface area contributed by atoms with Crippen molar-refractivity contribution in [3.63, 3.8) is 0 Å². The van der Waals surface area contributed by atoms with E-state index in [-0.39, 0.29) is 11.3 Å². The quantitative estimate of drug-likeness (QED) is 0.458. The molecule has 1 fully saturated rings. The third kappa shape index (κ3) is 4.25. The average molecular weight is 369 g/mol. The van der Waals surface area contributed by atoms with E-state index in [9.17, 15) is 14.9 Å². The van der Waals surface area contributed by atoms with Crippen LogP contribution in [0.15, 0.2) is 42.5 Å². The Kier molecular flexibility index (Phi) is 5.71. The standard InChI is InChI=1S/C20H23N3O4/c1-15-5-3-4-6-16(15)14-21-9-11-22(12-10-21)19-8-7-17(23(25)26)13-18(19)20(24)27-2/h3-8,13H,9-12,14H2,1-2H3. The minimum Gasteiger partial charge on any atom is -0.465 e. The number of carbonyl (C=O) groups is 1. The fourth-order valence-corrected chi connectivity index (χ4v) is 3.36. The number of nitro groups is 1. The topological polar surface area (TPSA) is 75.9 Å². The van der Waals surface area contributed by atoms with Gasteiger partial charge in [0, 0.05) is 44.9 Å². The molecule has 142 valence electrons. The highest BCUT2D eigenvalue weighted by Crippen LogP contribution is 2.27. The maximum Gasteiger partial charge on any atom is 0.340 e. The first-order valence-electron chi connectivity index (χ1n) is 8.88. The van der Waals surface area contributed by atoms with Crippen molar-refractivity contribution >= 4 is 17.3 Å². The van der Waals surface area contributed by atoms with E-state index < -0.39 is 10.9 Å². The number of anilines is 1. The summed E-state index contributed by atoms with van der Waals surface area (Å²) in [6.45, 7) is 6.20. The van der Waals surface area contributed by atoms with Crippen LogP contribution in [-0.2, 0) is 11.3 Å². The van der Waals surface area contributed by atoms with Gasteiger partial charge in [0.2, 0.25) is 0 Å². The number of ether oxygens (including phenoxy) is 1. The van der Waals surface area contributed by atoms with Gasteiger partial charge in [0.05, 0.1) is 23.3 Å². The van der Waals surface area contributed by atoms with Gasteiger partial charge in [0.25, 0.3) is 5.69 Å². The predicted molar refractivity (Wildman–Crippen MR) is 103 cm³/mol. The first-order chi connectivity index (χ1) is 13.0. The highest BCUT2D eigenvalue weighted by atomic mass is 16.6. The van der Waals surface area contributed by atoms with Gasteiger partial charge in [0.1, 0.15) is 0 Å². The van der Waals surface area contributed by atoms with Crippen LogP contribution in [0.1, 0.15) is 21.5 Å². The molecule has 0 aromatic heterocycles. The molecule has 2 aromatic carbocycles. The van der Waals surface area contributed by atoms with Crippen LogP contribution in [0.4, 0.5) is 11.4 Å². The summed E-state index contributed by atoms with van der Waals surface area (Å²) in [6.07, 6.45) is 0. The van der Waals surface area contributed by atoms with E-state index in [1.807, 2.05) is 6.07 Å². The van der Waals surface area contributed by atoms with Crippen molar-refractivity contribution in [2.75, 3.05) is 38.2 Å². The Labute approximate surface area is 158 Å². The SMILES string of the molecule is COC(=O)c1cc([N+](=O)[O-])ccc1N1CCN(Cc2ccccc2C)CC1. The lowest BCUT2D eigenvalue weighted by Crippen LogP contribution is -2.46. The van der Waals surface area contributed by atoms with Crippen molar-refractivity contribution in [1.29, 1.82) is 0 Å². The van der Waals surface area contributed by atoms with Gasteiger partial charge in [-0.25, -0.2) is 4.79 Å². The summed E-state index contributed by atoms with van der Waals surface area (Å²) < 4.78 is 4.82. The third-order valence-electron chi connectivity index (χ3n) is 4.96. The Balaban J connectivity index is 1.73. The molecule has 1 aliphatic heterocycles. The number of aryl methyl sites for hydroxylation is 1. The number of methoxy groups -OCH3 is 1. The summed E-state index contributed by atoms with van der Waals surface area (Å²) in [6, 6.07) is 12.7. The molecule has 0 unspecified atom stereocenters. The molecule has 0 aliphatic carbocycles. The molecular weight excluding hydrogens is 346 g/mol. The second-order valence-corrected chi connectivity index (χ2v) is 6.64. The summed E-state index contributed by atoms with van der Waals surface area (Å²) >= 11 is 0. The zero-order valence-corrected chi connectivity index (χ0v) is 15.6. The van der Waals surface area contributed by atoms with Crippen LogP contribution in [0.25, 0.3) is 0 Å². The molecule has 0 N–H and O–H groups in total. The molecule has 7 nitrogen and oxygen atoms in total. The average Bonchev–Trinajstić information content (AvgIpc) is 2.69. The highest BCUT2D eigenvalue weighted by molar-refractivity contribution is 5.96. The number of esters is 1. The Hall–Kier alpha value is -2.93. The predicted octanol–water partition coefficient (Wildman–Crippen LogP) is 3.01. The van der Waals surface area contributed by atoms with E-state index in [0.717, 1.165) is 32.7 Å². The Morgan fingerprint density at radius 2 is 1.85 bits per heavy atom. The molecule has 0 amide bonds. The number of benzene rings is 2. The van der Waals surface area contributed by atoms with E-state index in [1.54, 1.807) is 6.07 Å². The second kappa shape index (κ2) is 8.18. The molecule has 7 heteroatoms. The van der Waals surface area contributed by atoms with Gasteiger partial charge in [-0.05, 0) is 24.1 Å². The minimum atomic E-state index is -0.559. The fourth-order valence-electron chi connectivity index (χ4n) is 3.36. The van der Waals surface area contributed by atoms with Crippen LogP contribution in [0.2, 0.25) is 0 Å². The van der Waals surface area contributed by atoms with Crippen LogP contribution in [0, 0.1) is 17.0 Å². The number of hydrogen-bond acceptors (Lipinski definition) is 6. The normalized spacial score (nSPS) is 14.8. The summed E-state index contributed by atoms with van der Waals surface area (Å²) in [4.78, 5) is 27.1. The smallest absolute Gasteiger partial charge is 0.340 e. The molecule has 1 heterocycles. The van der Waals surface area contributed by atoms with E-state index in [4.69, 9.17) is 4.74 Å². The zero-order chi connectivity index (χ0) is 19.4. The van der Waals surface area contributed by atoms with Gasteiger partial charge in [-0.15, -0.1) is 0 Å². The van der Waals surface area contributed by atoms with Crippen molar-refractivity contribution in [1.82, 2.24) is 4.90 Å². The molecule has 2 aromatic rings. The number of hydrogen-bond donors (Lipinski definition) is 0. The van der Waals surface area contributed by atoms with Crippen molar-refractivity contribution < 1.29 is 14.5 Å². The van der Waals surface area contributed by atoms with Crippen molar-refractivity contribution in [2.45, 2.75) is 13.5 Å². The number of nitrogens with zero attached hydrogens (tertiary/aromatic N) is 3. The third-order valence-corrected chi connectivity index (χ3v) is 4.96. The second-order valence-electron chi connectivity index (χ2n) is 6.64. The Morgan fingerprint density at radius 1 is 1.15 bits per heavy atom. The van der Waals surface area contributed by atoms with E-state index in [1.165, 1.54) is 30.4 Å². The molecule has 1 saturated heterocycles. The van der Waals surface area contributed by atoms with Crippen molar-refractivity contribution in [3.8, 4) is 0 Å². The zero-order valence-electron chi connectivity index (χ0n) is 15.6. The number of nitro benzene ring substituents is 1. The first kappa shape index (κ1) is 18.8. The lowest BCUT2D eigenvalue weighted by Gasteiger charge is -2.36. The lowest BCUT2D eigenvalue weighted by molar-refractivity contribution is -0.384. The fraction of sp³-hybridized carbons (Fsp3) is 0.350. The molecule has 1 aliphatic rings. The van der Waals surface area contributed by atoms with Crippen LogP contribution in [-0.4, -0.2) is 49.1 Å². The van der Waals surface area contributed by atoms with Gasteiger partial charge in [0.15, 0.2) is 0 Å². The van der Waals surface area contributed by atoms with Gasteiger partial charge in [-0.2, -0.15) is 0 Å². The number of rotatable bonds is 5. The number of piperazine rings is 1. The largest absolute Gasteiger partial charge is 0.465 e. The molecule has 0 radical (unpaired) electrons. The summed E-state index contributed by atoms with van der Waals surface area (Å²) in [5, 5.41) is 11.0. The highest BCUT2D eigenvalue weighted by Gasteiger charge is 2.24. The van der Waals surface area contributed by atoms with E-state index in [2.05, 4.69) is 34.9 Å². The molecule has 27 heavy (non-hydrogen) atoms. The van der Waals surface area contributed by atoms with E-state index in [0.29, 0.717) is 5.69 Å².